The summed E-state index contributed by atoms with van der Waals surface area (Å²) in [6, 6.07) is 5.80. The Morgan fingerprint density at radius 1 is 1.47 bits per heavy atom. The summed E-state index contributed by atoms with van der Waals surface area (Å²) in [4.78, 5) is 11.9. The maximum Gasteiger partial charge on any atom is 0.387 e. The van der Waals surface area contributed by atoms with Crippen LogP contribution in [0.4, 0.5) is 8.78 Å². The molecular formula is C13H14BrF2NO2. The second-order valence-corrected chi connectivity index (χ2v) is 5.28. The summed E-state index contributed by atoms with van der Waals surface area (Å²) in [5.41, 5.74) is 0.496. The van der Waals surface area contributed by atoms with E-state index in [1.165, 1.54) is 18.2 Å². The molecule has 1 saturated carbocycles. The van der Waals surface area contributed by atoms with Crippen molar-refractivity contribution in [2.24, 2.45) is 5.41 Å². The topological polar surface area (TPSA) is 38.3 Å². The second-order valence-electron chi connectivity index (χ2n) is 4.72. The summed E-state index contributed by atoms with van der Waals surface area (Å²) in [7, 11) is 0. The third-order valence-corrected chi connectivity index (χ3v) is 4.38. The zero-order valence-electron chi connectivity index (χ0n) is 10.2. The van der Waals surface area contributed by atoms with Crippen LogP contribution < -0.4 is 10.1 Å². The molecule has 0 saturated heterocycles. The Morgan fingerprint density at radius 2 is 2.21 bits per heavy atom. The highest BCUT2D eigenvalue weighted by atomic mass is 79.9. The van der Waals surface area contributed by atoms with Gasteiger partial charge in [0.1, 0.15) is 5.75 Å². The van der Waals surface area contributed by atoms with Crippen LogP contribution in [0.3, 0.4) is 0 Å². The van der Waals surface area contributed by atoms with Crippen molar-refractivity contribution in [3.05, 3.63) is 29.8 Å². The highest BCUT2D eigenvalue weighted by molar-refractivity contribution is 9.09. The molecule has 0 aromatic heterocycles. The summed E-state index contributed by atoms with van der Waals surface area (Å²) in [5, 5.41) is 3.68. The highest BCUT2D eigenvalue weighted by Gasteiger charge is 2.41. The van der Waals surface area contributed by atoms with E-state index in [1.807, 2.05) is 0 Å². The third kappa shape index (κ3) is 3.89. The van der Waals surface area contributed by atoms with Crippen molar-refractivity contribution in [3.8, 4) is 5.75 Å². The molecule has 0 heterocycles. The smallest absolute Gasteiger partial charge is 0.387 e. The lowest BCUT2D eigenvalue weighted by molar-refractivity contribution is -0.0498. The number of benzene rings is 1. The van der Waals surface area contributed by atoms with Gasteiger partial charge in [0, 0.05) is 17.4 Å². The normalized spacial score (nSPS) is 16.2. The second kappa shape index (κ2) is 5.86. The summed E-state index contributed by atoms with van der Waals surface area (Å²) in [5.74, 6) is -0.281. The predicted octanol–water partition coefficient (Wildman–Crippen LogP) is 3.19. The van der Waals surface area contributed by atoms with Gasteiger partial charge in [0.25, 0.3) is 5.91 Å². The van der Waals surface area contributed by atoms with Crippen LogP contribution in [0.25, 0.3) is 0 Å². The molecule has 0 aliphatic heterocycles. The van der Waals surface area contributed by atoms with E-state index in [4.69, 9.17) is 0 Å². The number of hydrogen-bond donors (Lipinski definition) is 1. The van der Waals surface area contributed by atoms with Crippen LogP contribution in [0.1, 0.15) is 23.2 Å². The first-order valence-electron chi connectivity index (χ1n) is 5.94. The van der Waals surface area contributed by atoms with E-state index in [2.05, 4.69) is 26.0 Å². The molecule has 1 aromatic carbocycles. The minimum Gasteiger partial charge on any atom is -0.435 e. The fourth-order valence-corrected chi connectivity index (χ4v) is 2.48. The average molecular weight is 334 g/mol. The number of halogens is 3. The minimum atomic E-state index is -2.89. The monoisotopic (exact) mass is 333 g/mol. The van der Waals surface area contributed by atoms with Crippen molar-refractivity contribution >= 4 is 21.8 Å². The van der Waals surface area contributed by atoms with Crippen molar-refractivity contribution in [1.82, 2.24) is 5.32 Å². The minimum absolute atomic E-state index is 0.00993. The standard InChI is InChI=1S/C13H14BrF2NO2/c14-7-13(4-5-13)8-17-11(18)9-2-1-3-10(6-9)19-12(15)16/h1-3,6,12H,4-5,7-8H2,(H,17,18). The first kappa shape index (κ1) is 14.2. The van der Waals surface area contributed by atoms with Gasteiger partial charge >= 0.3 is 6.61 Å². The molecule has 0 atom stereocenters. The van der Waals surface area contributed by atoms with E-state index < -0.39 is 6.61 Å². The van der Waals surface area contributed by atoms with Gasteiger partial charge < -0.3 is 10.1 Å². The molecule has 3 nitrogen and oxygen atoms in total. The van der Waals surface area contributed by atoms with Gasteiger partial charge in [0.15, 0.2) is 0 Å². The van der Waals surface area contributed by atoms with Crippen molar-refractivity contribution < 1.29 is 18.3 Å². The van der Waals surface area contributed by atoms with Gasteiger partial charge in [-0.1, -0.05) is 22.0 Å². The molecule has 0 radical (unpaired) electrons. The fourth-order valence-electron chi connectivity index (χ4n) is 1.72. The number of hydrogen-bond acceptors (Lipinski definition) is 2. The largest absolute Gasteiger partial charge is 0.435 e. The Balaban J connectivity index is 1.95. The Hall–Kier alpha value is -1.17. The van der Waals surface area contributed by atoms with E-state index in [-0.39, 0.29) is 17.1 Å². The molecular weight excluding hydrogens is 320 g/mol. The fraction of sp³-hybridized carbons (Fsp3) is 0.462. The number of nitrogens with one attached hydrogen (secondary N) is 1. The number of carbonyl (C=O) groups is 1. The lowest BCUT2D eigenvalue weighted by Gasteiger charge is -2.13. The quantitative estimate of drug-likeness (QED) is 0.812. The Labute approximate surface area is 118 Å². The number of rotatable bonds is 6. The molecule has 1 N–H and O–H groups in total. The van der Waals surface area contributed by atoms with Gasteiger partial charge in [-0.2, -0.15) is 8.78 Å². The summed E-state index contributed by atoms with van der Waals surface area (Å²) >= 11 is 3.42. The molecule has 2 rings (SSSR count). The van der Waals surface area contributed by atoms with E-state index >= 15 is 0 Å². The average Bonchev–Trinajstić information content (AvgIpc) is 3.16. The molecule has 0 unspecified atom stereocenters. The van der Waals surface area contributed by atoms with Crippen molar-refractivity contribution in [3.63, 3.8) is 0 Å². The van der Waals surface area contributed by atoms with Crippen molar-refractivity contribution in [2.45, 2.75) is 19.5 Å². The maximum atomic E-state index is 12.1. The van der Waals surface area contributed by atoms with Crippen LogP contribution >= 0.6 is 15.9 Å². The lowest BCUT2D eigenvalue weighted by Crippen LogP contribution is -2.30. The molecule has 1 aliphatic carbocycles. The molecule has 6 heteroatoms. The SMILES string of the molecule is O=C(NCC1(CBr)CC1)c1cccc(OC(F)F)c1. The molecule has 1 amide bonds. The number of ether oxygens (including phenoxy) is 1. The van der Waals surface area contributed by atoms with Gasteiger partial charge in [0.2, 0.25) is 0 Å². The van der Waals surface area contributed by atoms with Crippen LogP contribution in [0.5, 0.6) is 5.75 Å². The van der Waals surface area contributed by atoms with Gasteiger partial charge in [-0.05, 0) is 36.5 Å². The molecule has 0 bridgehead atoms. The Morgan fingerprint density at radius 3 is 2.79 bits per heavy atom. The lowest BCUT2D eigenvalue weighted by atomic mass is 10.1. The molecule has 1 aliphatic rings. The Kier molecular flexibility index (Phi) is 4.39. The summed E-state index contributed by atoms with van der Waals surface area (Å²) in [6.07, 6.45) is 2.18. The number of amides is 1. The summed E-state index contributed by atoms with van der Waals surface area (Å²) in [6.45, 7) is -2.29. The van der Waals surface area contributed by atoms with Gasteiger partial charge in [-0.25, -0.2) is 0 Å². The highest BCUT2D eigenvalue weighted by Crippen LogP contribution is 2.46. The van der Waals surface area contributed by atoms with Crippen LogP contribution in [-0.2, 0) is 0 Å². The first-order chi connectivity index (χ1) is 9.04. The van der Waals surface area contributed by atoms with E-state index in [1.54, 1.807) is 6.07 Å². The predicted molar refractivity (Wildman–Crippen MR) is 70.9 cm³/mol. The number of alkyl halides is 3. The van der Waals surface area contributed by atoms with Crippen LogP contribution in [0.15, 0.2) is 24.3 Å². The zero-order valence-corrected chi connectivity index (χ0v) is 11.8. The molecule has 1 fully saturated rings. The van der Waals surface area contributed by atoms with Crippen LogP contribution in [-0.4, -0.2) is 24.4 Å². The third-order valence-electron chi connectivity index (χ3n) is 3.19. The zero-order chi connectivity index (χ0) is 13.9. The van der Waals surface area contributed by atoms with E-state index in [9.17, 15) is 13.6 Å². The Bertz CT molecular complexity index is 464. The van der Waals surface area contributed by atoms with Crippen molar-refractivity contribution in [1.29, 1.82) is 0 Å². The van der Waals surface area contributed by atoms with E-state index in [0.717, 1.165) is 18.2 Å². The van der Waals surface area contributed by atoms with Crippen LogP contribution in [0, 0.1) is 5.41 Å². The molecule has 104 valence electrons. The van der Waals surface area contributed by atoms with Crippen LogP contribution in [0.2, 0.25) is 0 Å². The molecule has 1 aromatic rings. The van der Waals surface area contributed by atoms with E-state index in [0.29, 0.717) is 12.1 Å². The van der Waals surface area contributed by atoms with Gasteiger partial charge in [-0.15, -0.1) is 0 Å². The summed E-state index contributed by atoms with van der Waals surface area (Å²) < 4.78 is 28.4. The maximum absolute atomic E-state index is 12.1. The molecule has 0 spiro atoms. The molecule has 19 heavy (non-hydrogen) atoms. The van der Waals surface area contributed by atoms with Gasteiger partial charge in [-0.3, -0.25) is 4.79 Å². The first-order valence-corrected chi connectivity index (χ1v) is 7.06. The van der Waals surface area contributed by atoms with Crippen molar-refractivity contribution in [2.75, 3.05) is 11.9 Å². The number of carbonyl (C=O) groups excluding carboxylic acids is 1. The van der Waals surface area contributed by atoms with Gasteiger partial charge in [0.05, 0.1) is 0 Å².